The zero-order valence-electron chi connectivity index (χ0n) is 11.6. The molecule has 2 aliphatic heterocycles. The van der Waals surface area contributed by atoms with Crippen LogP contribution in [-0.2, 0) is 9.53 Å². The van der Waals surface area contributed by atoms with Crippen molar-refractivity contribution in [2.24, 2.45) is 5.41 Å². The number of halogens is 1. The summed E-state index contributed by atoms with van der Waals surface area (Å²) < 4.78 is 5.66. The van der Waals surface area contributed by atoms with Crippen LogP contribution in [0.25, 0.3) is 0 Å². The number of piperidine rings is 1. The van der Waals surface area contributed by atoms with Crippen LogP contribution in [0.15, 0.2) is 0 Å². The number of amides is 1. The number of hydrogen-bond donors (Lipinski definition) is 1. The van der Waals surface area contributed by atoms with Crippen molar-refractivity contribution in [1.82, 2.24) is 10.2 Å². The topological polar surface area (TPSA) is 41.6 Å². The molecule has 0 spiro atoms. The second-order valence-electron chi connectivity index (χ2n) is 6.18. The van der Waals surface area contributed by atoms with Gasteiger partial charge in [-0.05, 0) is 40.2 Å². The molecule has 1 atom stereocenters. The normalized spacial score (nSPS) is 31.6. The monoisotopic (exact) mass is 276 g/mol. The van der Waals surface area contributed by atoms with Crippen molar-refractivity contribution in [3.63, 3.8) is 0 Å². The third-order valence-corrected chi connectivity index (χ3v) is 3.83. The van der Waals surface area contributed by atoms with Gasteiger partial charge in [0.05, 0.1) is 17.6 Å². The summed E-state index contributed by atoms with van der Waals surface area (Å²) >= 11 is 0. The van der Waals surface area contributed by atoms with Gasteiger partial charge in [0.25, 0.3) is 0 Å². The van der Waals surface area contributed by atoms with Crippen LogP contribution >= 0.6 is 12.4 Å². The van der Waals surface area contributed by atoms with E-state index >= 15 is 0 Å². The van der Waals surface area contributed by atoms with E-state index in [4.69, 9.17) is 4.74 Å². The quantitative estimate of drug-likeness (QED) is 0.788. The largest absolute Gasteiger partial charge is 0.372 e. The minimum Gasteiger partial charge on any atom is -0.372 e. The van der Waals surface area contributed by atoms with E-state index in [1.165, 1.54) is 0 Å². The molecule has 0 aromatic heterocycles. The van der Waals surface area contributed by atoms with Gasteiger partial charge in [0.1, 0.15) is 0 Å². The number of rotatable bonds is 1. The molecule has 0 bridgehead atoms. The molecule has 1 amide bonds. The van der Waals surface area contributed by atoms with E-state index in [9.17, 15) is 4.79 Å². The van der Waals surface area contributed by atoms with Crippen molar-refractivity contribution < 1.29 is 9.53 Å². The summed E-state index contributed by atoms with van der Waals surface area (Å²) in [5, 5.41) is 3.34. The molecule has 5 heteroatoms. The van der Waals surface area contributed by atoms with E-state index in [1.807, 2.05) is 18.7 Å². The highest BCUT2D eigenvalue weighted by Crippen LogP contribution is 2.30. The van der Waals surface area contributed by atoms with E-state index in [0.717, 1.165) is 32.5 Å². The van der Waals surface area contributed by atoms with Crippen LogP contribution in [0.2, 0.25) is 0 Å². The highest BCUT2D eigenvalue weighted by atomic mass is 35.5. The van der Waals surface area contributed by atoms with Gasteiger partial charge in [-0.25, -0.2) is 0 Å². The summed E-state index contributed by atoms with van der Waals surface area (Å²) in [6.07, 6.45) is 2.09. The maximum absolute atomic E-state index is 12.6. The molecule has 18 heavy (non-hydrogen) atoms. The average Bonchev–Trinajstić information content (AvgIpc) is 2.27. The average molecular weight is 277 g/mol. The molecular formula is C13H25ClN2O2. The van der Waals surface area contributed by atoms with Gasteiger partial charge in [0.2, 0.25) is 5.91 Å². The number of hydrogen-bond acceptors (Lipinski definition) is 3. The fraction of sp³-hybridized carbons (Fsp3) is 0.923. The minimum atomic E-state index is -0.217. The number of carbonyl (C=O) groups excluding carboxylic acids is 1. The molecule has 0 radical (unpaired) electrons. The number of nitrogens with zero attached hydrogens (tertiary/aromatic N) is 1. The van der Waals surface area contributed by atoms with Gasteiger partial charge in [-0.2, -0.15) is 0 Å². The summed E-state index contributed by atoms with van der Waals surface area (Å²) in [4.78, 5) is 14.6. The Bertz CT molecular complexity index is 301. The molecular weight excluding hydrogens is 252 g/mol. The van der Waals surface area contributed by atoms with Crippen molar-refractivity contribution in [3.8, 4) is 0 Å². The smallest absolute Gasteiger partial charge is 0.229 e. The second kappa shape index (κ2) is 5.76. The molecule has 2 fully saturated rings. The van der Waals surface area contributed by atoms with E-state index in [2.05, 4.69) is 12.2 Å². The zero-order chi connectivity index (χ0) is 12.5. The summed E-state index contributed by atoms with van der Waals surface area (Å²) in [5.41, 5.74) is -0.419. The van der Waals surface area contributed by atoms with Gasteiger partial charge < -0.3 is 15.0 Å². The first kappa shape index (κ1) is 15.7. The van der Waals surface area contributed by atoms with Crippen molar-refractivity contribution in [1.29, 1.82) is 0 Å². The van der Waals surface area contributed by atoms with Crippen molar-refractivity contribution in [3.05, 3.63) is 0 Å². The summed E-state index contributed by atoms with van der Waals surface area (Å²) in [5.74, 6) is 0.293. The Morgan fingerprint density at radius 1 is 1.33 bits per heavy atom. The van der Waals surface area contributed by atoms with Gasteiger partial charge in [-0.1, -0.05) is 0 Å². The lowest BCUT2D eigenvalue weighted by Gasteiger charge is -2.43. The summed E-state index contributed by atoms with van der Waals surface area (Å²) in [7, 11) is 0. The van der Waals surface area contributed by atoms with Crippen molar-refractivity contribution >= 4 is 18.3 Å². The van der Waals surface area contributed by atoms with Crippen LogP contribution in [0, 0.1) is 5.41 Å². The Morgan fingerprint density at radius 3 is 2.61 bits per heavy atom. The van der Waals surface area contributed by atoms with Gasteiger partial charge in [0.15, 0.2) is 0 Å². The van der Waals surface area contributed by atoms with Crippen molar-refractivity contribution in [2.75, 3.05) is 32.8 Å². The maximum atomic E-state index is 12.6. The Labute approximate surface area is 116 Å². The number of carbonyl (C=O) groups is 1. The fourth-order valence-corrected chi connectivity index (χ4v) is 2.81. The van der Waals surface area contributed by atoms with E-state index in [0.29, 0.717) is 19.1 Å². The highest BCUT2D eigenvalue weighted by Gasteiger charge is 2.40. The third kappa shape index (κ3) is 3.37. The summed E-state index contributed by atoms with van der Waals surface area (Å²) in [6.45, 7) is 10.1. The van der Waals surface area contributed by atoms with Gasteiger partial charge in [-0.15, -0.1) is 12.4 Å². The van der Waals surface area contributed by atoms with Gasteiger partial charge in [-0.3, -0.25) is 4.79 Å². The lowest BCUT2D eigenvalue weighted by Crippen LogP contribution is -2.57. The van der Waals surface area contributed by atoms with Crippen LogP contribution < -0.4 is 5.32 Å². The number of ether oxygens (including phenoxy) is 1. The lowest BCUT2D eigenvalue weighted by molar-refractivity contribution is -0.156. The Morgan fingerprint density at radius 2 is 2.06 bits per heavy atom. The Hall–Kier alpha value is -0.320. The van der Waals surface area contributed by atoms with E-state index < -0.39 is 0 Å². The van der Waals surface area contributed by atoms with Crippen LogP contribution in [0.4, 0.5) is 0 Å². The van der Waals surface area contributed by atoms with Crippen LogP contribution in [0.5, 0.6) is 0 Å². The number of morpholine rings is 1. The summed E-state index contributed by atoms with van der Waals surface area (Å²) in [6, 6.07) is 0. The molecule has 1 N–H and O–H groups in total. The Kier molecular flexibility index (Phi) is 5.04. The fourth-order valence-electron chi connectivity index (χ4n) is 2.81. The highest BCUT2D eigenvalue weighted by molar-refractivity contribution is 5.85. The molecule has 2 heterocycles. The molecule has 2 rings (SSSR count). The van der Waals surface area contributed by atoms with Crippen molar-refractivity contribution in [2.45, 2.75) is 39.2 Å². The molecule has 0 aromatic rings. The van der Waals surface area contributed by atoms with E-state index in [-0.39, 0.29) is 23.4 Å². The first-order valence-corrected chi connectivity index (χ1v) is 6.57. The first-order valence-electron chi connectivity index (χ1n) is 6.57. The molecule has 106 valence electrons. The third-order valence-electron chi connectivity index (χ3n) is 3.83. The van der Waals surface area contributed by atoms with Crippen LogP contribution in [0.3, 0.4) is 0 Å². The van der Waals surface area contributed by atoms with Crippen LogP contribution in [-0.4, -0.2) is 49.2 Å². The molecule has 2 aliphatic rings. The molecule has 2 saturated heterocycles. The minimum absolute atomic E-state index is 0. The lowest BCUT2D eigenvalue weighted by atomic mass is 9.81. The molecule has 1 unspecified atom stereocenters. The number of nitrogens with one attached hydrogen (secondary N) is 1. The SMILES string of the molecule is CC1(C)CN(C(=O)C2(C)CCCNC2)CCO1.Cl. The predicted molar refractivity (Wildman–Crippen MR) is 74.1 cm³/mol. The Balaban J connectivity index is 0.00000162. The van der Waals surface area contributed by atoms with E-state index in [1.54, 1.807) is 0 Å². The van der Waals surface area contributed by atoms with Crippen LogP contribution in [0.1, 0.15) is 33.6 Å². The second-order valence-corrected chi connectivity index (χ2v) is 6.18. The maximum Gasteiger partial charge on any atom is 0.229 e. The standard InChI is InChI=1S/C13H24N2O2.ClH/c1-12(2)10-15(7-8-17-12)11(16)13(3)5-4-6-14-9-13;/h14H,4-10H2,1-3H3;1H. The molecule has 0 aromatic carbocycles. The molecule has 0 saturated carbocycles. The molecule has 0 aliphatic carbocycles. The molecule has 4 nitrogen and oxygen atoms in total. The van der Waals surface area contributed by atoms with Gasteiger partial charge >= 0.3 is 0 Å². The zero-order valence-corrected chi connectivity index (χ0v) is 12.4. The predicted octanol–water partition coefficient (Wildman–Crippen LogP) is 1.44. The first-order chi connectivity index (χ1) is 7.93. The van der Waals surface area contributed by atoms with Gasteiger partial charge in [0, 0.05) is 19.6 Å².